The van der Waals surface area contributed by atoms with E-state index >= 15 is 0 Å². The third-order valence-corrected chi connectivity index (χ3v) is 6.85. The predicted molar refractivity (Wildman–Crippen MR) is 118 cm³/mol. The highest BCUT2D eigenvalue weighted by atomic mass is 16.6. The van der Waals surface area contributed by atoms with Gasteiger partial charge in [0.25, 0.3) is 0 Å². The molecule has 0 heterocycles. The highest BCUT2D eigenvalue weighted by Crippen LogP contribution is 2.48. The fourth-order valence-electron chi connectivity index (χ4n) is 5.29. The summed E-state index contributed by atoms with van der Waals surface area (Å²) < 4.78 is 11.2. The Balaban J connectivity index is 1.37. The van der Waals surface area contributed by atoms with Gasteiger partial charge in [-0.25, -0.2) is 4.79 Å². The first-order valence-electron chi connectivity index (χ1n) is 11.3. The van der Waals surface area contributed by atoms with Crippen molar-refractivity contribution in [1.29, 1.82) is 0 Å². The van der Waals surface area contributed by atoms with Crippen LogP contribution < -0.4 is 4.74 Å². The van der Waals surface area contributed by atoms with Crippen LogP contribution in [0, 0.1) is 17.8 Å². The Morgan fingerprint density at radius 2 is 1.94 bits per heavy atom. The quantitative estimate of drug-likeness (QED) is 0.632. The summed E-state index contributed by atoms with van der Waals surface area (Å²) in [5.74, 6) is 1.45. The van der Waals surface area contributed by atoms with Gasteiger partial charge in [-0.1, -0.05) is 42.5 Å². The van der Waals surface area contributed by atoms with Crippen LogP contribution in [0.15, 0.2) is 48.5 Å². The Bertz CT molecular complexity index is 879. The Hall–Kier alpha value is -2.37. The van der Waals surface area contributed by atoms with Crippen molar-refractivity contribution >= 4 is 5.97 Å². The molecule has 2 aliphatic carbocycles. The van der Waals surface area contributed by atoms with Crippen LogP contribution in [-0.2, 0) is 29.0 Å². The predicted octanol–water partition coefficient (Wildman–Crippen LogP) is 3.68. The van der Waals surface area contributed by atoms with E-state index in [9.17, 15) is 15.0 Å². The van der Waals surface area contributed by atoms with Gasteiger partial charge in [0, 0.05) is 0 Å². The maximum Gasteiger partial charge on any atom is 0.344 e. The second kappa shape index (κ2) is 9.84. The monoisotopic (exact) mass is 424 g/mol. The van der Waals surface area contributed by atoms with Crippen LogP contribution in [0.1, 0.15) is 42.9 Å². The molecule has 0 aliphatic heterocycles. The summed E-state index contributed by atoms with van der Waals surface area (Å²) in [6.45, 7) is 1.94. The first-order chi connectivity index (χ1) is 15.0. The van der Waals surface area contributed by atoms with Crippen molar-refractivity contribution in [3.05, 3.63) is 65.2 Å². The third-order valence-electron chi connectivity index (χ3n) is 6.85. The number of carbonyl (C=O) groups is 1. The Morgan fingerprint density at radius 3 is 2.71 bits per heavy atom. The number of aliphatic hydroxyl groups is 2. The number of ether oxygens (including phenoxy) is 2. The van der Waals surface area contributed by atoms with Crippen molar-refractivity contribution in [2.24, 2.45) is 17.8 Å². The fraction of sp³-hybridized carbons (Fsp3) is 0.500. The number of esters is 1. The van der Waals surface area contributed by atoms with E-state index in [2.05, 4.69) is 6.07 Å². The van der Waals surface area contributed by atoms with Crippen molar-refractivity contribution < 1.29 is 24.5 Å². The zero-order valence-electron chi connectivity index (χ0n) is 18.1. The maximum absolute atomic E-state index is 12.2. The van der Waals surface area contributed by atoms with Gasteiger partial charge in [-0.05, 0) is 79.5 Å². The highest BCUT2D eigenvalue weighted by molar-refractivity contribution is 5.71. The van der Waals surface area contributed by atoms with E-state index in [0.29, 0.717) is 11.8 Å². The smallest absolute Gasteiger partial charge is 0.344 e. The van der Waals surface area contributed by atoms with Crippen LogP contribution in [0.2, 0.25) is 0 Å². The van der Waals surface area contributed by atoms with Crippen LogP contribution in [0.3, 0.4) is 0 Å². The van der Waals surface area contributed by atoms with Gasteiger partial charge in [0.05, 0.1) is 12.2 Å². The normalized spacial score (nSPS) is 25.4. The van der Waals surface area contributed by atoms with Gasteiger partial charge >= 0.3 is 5.97 Å². The van der Waals surface area contributed by atoms with E-state index in [4.69, 9.17) is 9.47 Å². The van der Waals surface area contributed by atoms with E-state index in [-0.39, 0.29) is 37.3 Å². The molecular weight excluding hydrogens is 392 g/mol. The minimum absolute atomic E-state index is 0.114. The molecule has 2 aliphatic rings. The number of fused-ring (bicyclic) bond motifs is 2. The Morgan fingerprint density at radius 1 is 1.13 bits per heavy atom. The Kier molecular flexibility index (Phi) is 6.93. The van der Waals surface area contributed by atoms with E-state index in [1.165, 1.54) is 5.56 Å². The van der Waals surface area contributed by atoms with Crippen LogP contribution in [0.25, 0.3) is 0 Å². The molecule has 31 heavy (non-hydrogen) atoms. The molecule has 166 valence electrons. The summed E-state index contributed by atoms with van der Waals surface area (Å²) in [7, 11) is 0. The molecule has 1 fully saturated rings. The molecule has 0 unspecified atom stereocenters. The Labute approximate surface area is 184 Å². The molecule has 4 rings (SSSR count). The average Bonchev–Trinajstić information content (AvgIpc) is 3.07. The summed E-state index contributed by atoms with van der Waals surface area (Å²) in [4.78, 5) is 12.2. The number of aliphatic hydroxyl groups excluding tert-OH is 2. The lowest BCUT2D eigenvalue weighted by Crippen LogP contribution is -2.28. The summed E-state index contributed by atoms with van der Waals surface area (Å²) in [6.07, 6.45) is 3.52. The van der Waals surface area contributed by atoms with Gasteiger partial charge in [0.1, 0.15) is 12.4 Å². The largest absolute Gasteiger partial charge is 0.482 e. The van der Waals surface area contributed by atoms with Crippen LogP contribution >= 0.6 is 0 Å². The molecule has 5 heteroatoms. The van der Waals surface area contributed by atoms with Crippen LogP contribution in [-0.4, -0.2) is 35.0 Å². The van der Waals surface area contributed by atoms with Gasteiger partial charge in [-0.15, -0.1) is 0 Å². The summed E-state index contributed by atoms with van der Waals surface area (Å²) in [6, 6.07) is 15.6. The van der Waals surface area contributed by atoms with Gasteiger partial charge in [-0.3, -0.25) is 0 Å². The lowest BCUT2D eigenvalue weighted by Gasteiger charge is -2.32. The fourth-order valence-corrected chi connectivity index (χ4v) is 5.29. The standard InChI is InChI=1S/C26H32O5/c1-17(27)10-11-21-22-12-19-8-5-9-25(23(19)13-20(22)14-24(21)28)30-16-26(29)31-15-18-6-3-2-4-7-18/h2-9,17,20-22,24,27-28H,10-16H2,1H3/t17-,20-,21+,22-,24+/m0/s1. The molecule has 2 aromatic carbocycles. The molecule has 0 saturated heterocycles. The molecule has 0 radical (unpaired) electrons. The van der Waals surface area contributed by atoms with Crippen molar-refractivity contribution in [3.8, 4) is 5.75 Å². The number of benzene rings is 2. The van der Waals surface area contributed by atoms with Gasteiger partial charge in [0.2, 0.25) is 0 Å². The first kappa shape index (κ1) is 21.8. The van der Waals surface area contributed by atoms with E-state index < -0.39 is 0 Å². The maximum atomic E-state index is 12.2. The lowest BCUT2D eigenvalue weighted by molar-refractivity contribution is -0.147. The zero-order chi connectivity index (χ0) is 21.8. The number of carbonyl (C=O) groups excluding carboxylic acids is 1. The topological polar surface area (TPSA) is 76.0 Å². The molecule has 0 bridgehead atoms. The second-order valence-electron chi connectivity index (χ2n) is 9.05. The number of rotatable bonds is 8. The van der Waals surface area contributed by atoms with Crippen LogP contribution in [0.4, 0.5) is 0 Å². The molecule has 2 aromatic rings. The minimum Gasteiger partial charge on any atom is -0.482 e. The summed E-state index contributed by atoms with van der Waals surface area (Å²) in [5, 5.41) is 20.3. The van der Waals surface area contributed by atoms with Crippen LogP contribution in [0.5, 0.6) is 5.75 Å². The minimum atomic E-state index is -0.385. The number of hydrogen-bond acceptors (Lipinski definition) is 5. The second-order valence-corrected chi connectivity index (χ2v) is 9.05. The van der Waals surface area contributed by atoms with Crippen molar-refractivity contribution in [2.75, 3.05) is 6.61 Å². The van der Waals surface area contributed by atoms with Crippen molar-refractivity contribution in [3.63, 3.8) is 0 Å². The molecule has 2 N–H and O–H groups in total. The third kappa shape index (κ3) is 5.28. The SMILES string of the molecule is C[C@H](O)CC[C@@H]1[C@H]2Cc3cccc(OCC(=O)OCc4ccccc4)c3C[C@H]2C[C@H]1O. The molecule has 0 aromatic heterocycles. The van der Waals surface area contributed by atoms with Crippen molar-refractivity contribution in [1.82, 2.24) is 0 Å². The van der Waals surface area contributed by atoms with Gasteiger partial charge < -0.3 is 19.7 Å². The molecule has 1 saturated carbocycles. The average molecular weight is 425 g/mol. The lowest BCUT2D eigenvalue weighted by atomic mass is 9.73. The van der Waals surface area contributed by atoms with E-state index in [1.54, 1.807) is 0 Å². The molecule has 0 spiro atoms. The first-order valence-corrected chi connectivity index (χ1v) is 11.3. The molecule has 5 atom stereocenters. The van der Waals surface area contributed by atoms with Crippen molar-refractivity contribution in [2.45, 2.75) is 57.8 Å². The van der Waals surface area contributed by atoms with E-state index in [1.807, 2.05) is 49.4 Å². The van der Waals surface area contributed by atoms with E-state index in [0.717, 1.165) is 49.0 Å². The number of hydrogen-bond donors (Lipinski definition) is 2. The summed E-state index contributed by atoms with van der Waals surface area (Å²) in [5.41, 5.74) is 3.35. The zero-order valence-corrected chi connectivity index (χ0v) is 18.1. The highest BCUT2D eigenvalue weighted by Gasteiger charge is 2.44. The van der Waals surface area contributed by atoms with Gasteiger partial charge in [-0.2, -0.15) is 0 Å². The van der Waals surface area contributed by atoms with Gasteiger partial charge in [0.15, 0.2) is 6.61 Å². The molecule has 5 nitrogen and oxygen atoms in total. The molecular formula is C26H32O5. The summed E-state index contributed by atoms with van der Waals surface area (Å²) >= 11 is 0. The molecule has 0 amide bonds.